The van der Waals surface area contributed by atoms with E-state index >= 15 is 0 Å². The summed E-state index contributed by atoms with van der Waals surface area (Å²) < 4.78 is 11.8. The standard InChI is InChI=1S/C25H26N4O4S/c30-24(31)18-6-4-17(5-7-18)20-8-9-21(33-20)23-22(19-3-1-2-10-26-19)27-25(34)29(23)12-11-28-13-15-32-16-14-28/h1-10,22-23H,11-16H2,(H,27,34)(H,30,31)/t22-,23-/m0/s1. The zero-order valence-electron chi connectivity index (χ0n) is 18.6. The maximum absolute atomic E-state index is 11.2. The molecule has 0 aliphatic carbocycles. The van der Waals surface area contributed by atoms with Gasteiger partial charge in [0.15, 0.2) is 5.11 Å². The molecule has 2 saturated heterocycles. The zero-order valence-corrected chi connectivity index (χ0v) is 19.4. The second-order valence-electron chi connectivity index (χ2n) is 8.36. The second kappa shape index (κ2) is 9.92. The van der Waals surface area contributed by atoms with Crippen LogP contribution in [-0.4, -0.2) is 70.4 Å². The lowest BCUT2D eigenvalue weighted by Gasteiger charge is -2.31. The summed E-state index contributed by atoms with van der Waals surface area (Å²) in [5, 5.41) is 13.3. The molecular weight excluding hydrogens is 452 g/mol. The molecular formula is C25H26N4O4S. The van der Waals surface area contributed by atoms with E-state index in [0.29, 0.717) is 10.9 Å². The molecule has 0 saturated carbocycles. The molecule has 9 heteroatoms. The lowest BCUT2D eigenvalue weighted by molar-refractivity contribution is 0.0347. The number of benzene rings is 1. The normalized spacial score (nSPS) is 20.9. The number of aromatic nitrogens is 1. The van der Waals surface area contributed by atoms with Crippen molar-refractivity contribution in [2.45, 2.75) is 12.1 Å². The summed E-state index contributed by atoms with van der Waals surface area (Å²) in [4.78, 5) is 20.3. The summed E-state index contributed by atoms with van der Waals surface area (Å²) in [6, 6.07) is 16.1. The van der Waals surface area contributed by atoms with Gasteiger partial charge in [0.2, 0.25) is 0 Å². The van der Waals surface area contributed by atoms with Gasteiger partial charge in [-0.15, -0.1) is 0 Å². The summed E-state index contributed by atoms with van der Waals surface area (Å²) in [5.74, 6) is 0.506. The Hall–Kier alpha value is -3.27. The van der Waals surface area contributed by atoms with Crippen molar-refractivity contribution in [1.29, 1.82) is 0 Å². The molecule has 2 fully saturated rings. The van der Waals surface area contributed by atoms with Crippen LogP contribution in [0.15, 0.2) is 65.2 Å². The Bertz CT molecular complexity index is 1150. The van der Waals surface area contributed by atoms with Crippen LogP contribution in [0.2, 0.25) is 0 Å². The van der Waals surface area contributed by atoms with Crippen molar-refractivity contribution < 1.29 is 19.1 Å². The molecule has 1 aromatic carbocycles. The second-order valence-corrected chi connectivity index (χ2v) is 8.75. The van der Waals surface area contributed by atoms with Crippen molar-refractivity contribution in [3.63, 3.8) is 0 Å². The summed E-state index contributed by atoms with van der Waals surface area (Å²) in [5.41, 5.74) is 1.96. The number of aromatic carboxylic acids is 1. The number of nitrogens with zero attached hydrogens (tertiary/aromatic N) is 3. The fourth-order valence-electron chi connectivity index (χ4n) is 4.47. The number of carboxylic acids is 1. The molecule has 8 nitrogen and oxygen atoms in total. The van der Waals surface area contributed by atoms with E-state index in [1.54, 1.807) is 30.5 Å². The van der Waals surface area contributed by atoms with Gasteiger partial charge in [-0.2, -0.15) is 0 Å². The summed E-state index contributed by atoms with van der Waals surface area (Å²) >= 11 is 5.75. The SMILES string of the molecule is O=C(O)c1ccc(-c2ccc([C@H]3[C@H](c4ccccn4)NC(=S)N3CCN3CCOCC3)o2)cc1. The van der Waals surface area contributed by atoms with E-state index in [9.17, 15) is 4.79 Å². The molecule has 4 heterocycles. The first-order valence-corrected chi connectivity index (χ1v) is 11.7. The van der Waals surface area contributed by atoms with Gasteiger partial charge in [-0.05, 0) is 48.6 Å². The highest BCUT2D eigenvalue weighted by Crippen LogP contribution is 2.40. The number of hydrogen-bond donors (Lipinski definition) is 2. The number of furan rings is 1. The van der Waals surface area contributed by atoms with Crippen LogP contribution in [0.25, 0.3) is 11.3 Å². The predicted molar refractivity (Wildman–Crippen MR) is 131 cm³/mol. The Morgan fingerprint density at radius 2 is 1.88 bits per heavy atom. The van der Waals surface area contributed by atoms with Gasteiger partial charge < -0.3 is 24.5 Å². The molecule has 0 unspecified atom stereocenters. The van der Waals surface area contributed by atoms with E-state index in [4.69, 9.17) is 26.5 Å². The molecule has 2 atom stereocenters. The van der Waals surface area contributed by atoms with Crippen molar-refractivity contribution in [1.82, 2.24) is 20.1 Å². The first-order valence-electron chi connectivity index (χ1n) is 11.3. The summed E-state index contributed by atoms with van der Waals surface area (Å²) in [7, 11) is 0. The van der Waals surface area contributed by atoms with Gasteiger partial charge >= 0.3 is 5.97 Å². The topological polar surface area (TPSA) is 91.1 Å². The Morgan fingerprint density at radius 3 is 2.59 bits per heavy atom. The molecule has 2 aliphatic rings. The van der Waals surface area contributed by atoms with Crippen LogP contribution in [0.4, 0.5) is 0 Å². The van der Waals surface area contributed by atoms with Gasteiger partial charge in [0.1, 0.15) is 17.6 Å². The lowest BCUT2D eigenvalue weighted by atomic mass is 10.0. The number of pyridine rings is 1. The van der Waals surface area contributed by atoms with E-state index < -0.39 is 5.97 Å². The fourth-order valence-corrected chi connectivity index (χ4v) is 4.81. The van der Waals surface area contributed by atoms with E-state index in [0.717, 1.165) is 56.4 Å². The maximum Gasteiger partial charge on any atom is 0.335 e. The minimum Gasteiger partial charge on any atom is -0.478 e. The van der Waals surface area contributed by atoms with E-state index in [2.05, 4.69) is 20.1 Å². The predicted octanol–water partition coefficient (Wildman–Crippen LogP) is 3.34. The third-order valence-corrected chi connectivity index (χ3v) is 6.65. The lowest BCUT2D eigenvalue weighted by Crippen LogP contribution is -2.42. The molecule has 5 rings (SSSR count). The molecule has 2 aliphatic heterocycles. The number of rotatable bonds is 7. The number of ether oxygens (including phenoxy) is 1. The van der Waals surface area contributed by atoms with Crippen LogP contribution in [0, 0.1) is 0 Å². The molecule has 0 radical (unpaired) electrons. The van der Waals surface area contributed by atoms with Gasteiger partial charge in [-0.3, -0.25) is 9.88 Å². The number of morpholine rings is 1. The van der Waals surface area contributed by atoms with Gasteiger partial charge in [-0.1, -0.05) is 18.2 Å². The van der Waals surface area contributed by atoms with E-state index in [1.807, 2.05) is 30.3 Å². The Labute approximate surface area is 203 Å². The van der Waals surface area contributed by atoms with E-state index in [-0.39, 0.29) is 17.6 Å². The number of nitrogens with one attached hydrogen (secondary N) is 1. The van der Waals surface area contributed by atoms with Gasteiger partial charge in [-0.25, -0.2) is 4.79 Å². The highest BCUT2D eigenvalue weighted by molar-refractivity contribution is 7.80. The van der Waals surface area contributed by atoms with Crippen molar-refractivity contribution in [3.8, 4) is 11.3 Å². The largest absolute Gasteiger partial charge is 0.478 e. The van der Waals surface area contributed by atoms with Crippen LogP contribution in [0.5, 0.6) is 0 Å². The number of carbonyl (C=O) groups is 1. The Morgan fingerprint density at radius 1 is 1.09 bits per heavy atom. The zero-order chi connectivity index (χ0) is 23.5. The molecule has 0 amide bonds. The molecule has 34 heavy (non-hydrogen) atoms. The molecule has 176 valence electrons. The fraction of sp³-hybridized carbons (Fsp3) is 0.320. The minimum absolute atomic E-state index is 0.147. The molecule has 0 spiro atoms. The first-order chi connectivity index (χ1) is 16.6. The highest BCUT2D eigenvalue weighted by Gasteiger charge is 2.41. The number of hydrogen-bond acceptors (Lipinski definition) is 6. The van der Waals surface area contributed by atoms with Crippen LogP contribution in [-0.2, 0) is 4.74 Å². The smallest absolute Gasteiger partial charge is 0.335 e. The molecule has 3 aromatic rings. The first kappa shape index (κ1) is 22.5. The van der Waals surface area contributed by atoms with Crippen molar-refractivity contribution in [3.05, 3.63) is 77.8 Å². The Kier molecular flexibility index (Phi) is 6.57. The van der Waals surface area contributed by atoms with Crippen molar-refractivity contribution in [2.24, 2.45) is 0 Å². The molecule has 0 bridgehead atoms. The maximum atomic E-state index is 11.2. The van der Waals surface area contributed by atoms with Crippen LogP contribution in [0.3, 0.4) is 0 Å². The van der Waals surface area contributed by atoms with Crippen molar-refractivity contribution >= 4 is 23.3 Å². The minimum atomic E-state index is -0.952. The summed E-state index contributed by atoms with van der Waals surface area (Å²) in [6.45, 7) is 4.97. The average molecular weight is 479 g/mol. The van der Waals surface area contributed by atoms with Gasteiger partial charge in [0.25, 0.3) is 0 Å². The van der Waals surface area contributed by atoms with Crippen molar-refractivity contribution in [2.75, 3.05) is 39.4 Å². The monoisotopic (exact) mass is 478 g/mol. The average Bonchev–Trinajstić information content (AvgIpc) is 3.48. The van der Waals surface area contributed by atoms with Crippen LogP contribution < -0.4 is 5.32 Å². The van der Waals surface area contributed by atoms with Gasteiger partial charge in [0.05, 0.1) is 30.5 Å². The summed E-state index contributed by atoms with van der Waals surface area (Å²) in [6.07, 6.45) is 1.78. The van der Waals surface area contributed by atoms with E-state index in [1.165, 1.54) is 0 Å². The third kappa shape index (κ3) is 4.68. The Balaban J connectivity index is 1.43. The number of thiocarbonyl (C=S) groups is 1. The molecule has 2 aromatic heterocycles. The third-order valence-electron chi connectivity index (χ3n) is 6.29. The quantitative estimate of drug-likeness (QED) is 0.496. The highest BCUT2D eigenvalue weighted by atomic mass is 32.1. The molecule has 2 N–H and O–H groups in total. The van der Waals surface area contributed by atoms with Gasteiger partial charge in [0, 0.05) is 37.9 Å². The van der Waals surface area contributed by atoms with Crippen LogP contribution in [0.1, 0.15) is 33.9 Å². The van der Waals surface area contributed by atoms with Crippen LogP contribution >= 0.6 is 12.2 Å². The number of carboxylic acid groups (broad SMARTS) is 1.